The van der Waals surface area contributed by atoms with E-state index in [0.29, 0.717) is 25.3 Å². The van der Waals surface area contributed by atoms with Crippen molar-refractivity contribution in [3.05, 3.63) is 41.0 Å². The number of aromatic nitrogens is 3. The van der Waals surface area contributed by atoms with E-state index in [9.17, 15) is 4.79 Å². The van der Waals surface area contributed by atoms with Gasteiger partial charge in [0.1, 0.15) is 23.2 Å². The molecule has 0 amide bonds. The van der Waals surface area contributed by atoms with Gasteiger partial charge in [0.25, 0.3) is 0 Å². The number of benzene rings is 1. The van der Waals surface area contributed by atoms with Gasteiger partial charge in [-0.15, -0.1) is 10.2 Å². The van der Waals surface area contributed by atoms with Crippen LogP contribution in [0.25, 0.3) is 0 Å². The molecule has 29 heavy (non-hydrogen) atoms. The fraction of sp³-hybridized carbons (Fsp3) is 0.625. The van der Waals surface area contributed by atoms with Crippen molar-refractivity contribution in [3.8, 4) is 5.75 Å². The molecule has 0 bridgehead atoms. The Labute approximate surface area is 174 Å². The minimum Gasteiger partial charge on any atom is -0.496 e. The lowest BCUT2D eigenvalue weighted by molar-refractivity contribution is -0.119. The van der Waals surface area contributed by atoms with Crippen LogP contribution >= 0.6 is 0 Å². The second-order valence-corrected chi connectivity index (χ2v) is 8.77. The number of hydrogen-bond donors (Lipinski definition) is 0. The van der Waals surface area contributed by atoms with Crippen LogP contribution < -0.4 is 4.74 Å². The van der Waals surface area contributed by atoms with Gasteiger partial charge in [-0.05, 0) is 55.7 Å². The molecule has 5 heteroatoms. The van der Waals surface area contributed by atoms with E-state index >= 15 is 0 Å². The number of Topliss-reactive ketones (excluding diaryl/α,β-unsaturated/α-hetero) is 1. The molecule has 0 saturated heterocycles. The Balaban J connectivity index is 1.53. The van der Waals surface area contributed by atoms with Crippen molar-refractivity contribution in [2.24, 2.45) is 5.92 Å². The summed E-state index contributed by atoms with van der Waals surface area (Å²) in [6.45, 7) is 6.56. The Hall–Kier alpha value is -2.17. The van der Waals surface area contributed by atoms with Crippen LogP contribution in [0.4, 0.5) is 0 Å². The average Bonchev–Trinajstić information content (AvgIpc) is 3.45. The van der Waals surface area contributed by atoms with Gasteiger partial charge in [-0.2, -0.15) is 0 Å². The van der Waals surface area contributed by atoms with E-state index in [1.165, 1.54) is 24.8 Å². The second kappa shape index (κ2) is 10.0. The molecule has 1 aliphatic rings. The molecule has 1 saturated carbocycles. The molecule has 1 aromatic carbocycles. The molecule has 1 fully saturated rings. The van der Waals surface area contributed by atoms with Crippen LogP contribution in [0.2, 0.25) is 0 Å². The van der Waals surface area contributed by atoms with Gasteiger partial charge in [0.05, 0.1) is 7.11 Å². The standard InChI is InChI=1S/C24H35N3O2/c1-17(2)6-5-7-23-25-26-24(27(23)20-11-12-20)15-14-21(28)13-10-19-9-8-18(3)16-22(19)29-4/h8-9,16-17,20H,5-7,10-15H2,1-4H3. The number of aryl methyl sites for hydroxylation is 4. The summed E-state index contributed by atoms with van der Waals surface area (Å²) in [5.74, 6) is 3.97. The SMILES string of the molecule is COc1cc(C)ccc1CCC(=O)CCc1nnc(CCCC(C)C)n1C1CC1. The Morgan fingerprint density at radius 1 is 1.14 bits per heavy atom. The Bertz CT molecular complexity index is 822. The maximum Gasteiger partial charge on any atom is 0.133 e. The molecular formula is C24H35N3O2. The Morgan fingerprint density at radius 3 is 2.48 bits per heavy atom. The van der Waals surface area contributed by atoms with E-state index in [1.54, 1.807) is 7.11 Å². The third-order valence-electron chi connectivity index (χ3n) is 5.67. The van der Waals surface area contributed by atoms with E-state index < -0.39 is 0 Å². The number of rotatable bonds is 12. The monoisotopic (exact) mass is 397 g/mol. The van der Waals surface area contributed by atoms with Gasteiger partial charge < -0.3 is 9.30 Å². The first-order valence-corrected chi connectivity index (χ1v) is 11.1. The number of hydrogen-bond acceptors (Lipinski definition) is 4. The number of ketones is 1. The molecule has 1 aliphatic carbocycles. The zero-order valence-electron chi connectivity index (χ0n) is 18.4. The van der Waals surface area contributed by atoms with Crippen molar-refractivity contribution < 1.29 is 9.53 Å². The third-order valence-corrected chi connectivity index (χ3v) is 5.67. The summed E-state index contributed by atoms with van der Waals surface area (Å²) in [6.07, 6.45) is 8.27. The zero-order chi connectivity index (χ0) is 20.8. The van der Waals surface area contributed by atoms with Crippen LogP contribution in [0.15, 0.2) is 18.2 Å². The molecule has 0 radical (unpaired) electrons. The van der Waals surface area contributed by atoms with E-state index in [1.807, 2.05) is 13.0 Å². The van der Waals surface area contributed by atoms with Crippen LogP contribution in [0.1, 0.15) is 81.2 Å². The van der Waals surface area contributed by atoms with E-state index in [-0.39, 0.29) is 5.78 Å². The van der Waals surface area contributed by atoms with Gasteiger partial charge in [0, 0.05) is 31.7 Å². The second-order valence-electron chi connectivity index (χ2n) is 8.77. The van der Waals surface area contributed by atoms with Crippen molar-refractivity contribution >= 4 is 5.78 Å². The molecule has 158 valence electrons. The van der Waals surface area contributed by atoms with Crippen LogP contribution in [0.3, 0.4) is 0 Å². The predicted molar refractivity (Wildman–Crippen MR) is 115 cm³/mol. The van der Waals surface area contributed by atoms with Gasteiger partial charge in [-0.1, -0.05) is 32.4 Å². The van der Waals surface area contributed by atoms with Crippen molar-refractivity contribution in [2.45, 2.75) is 84.6 Å². The Morgan fingerprint density at radius 2 is 1.83 bits per heavy atom. The largest absolute Gasteiger partial charge is 0.496 e. The molecule has 0 atom stereocenters. The molecule has 0 spiro atoms. The Kier molecular flexibility index (Phi) is 7.45. The molecule has 0 aliphatic heterocycles. The number of carbonyl (C=O) groups excluding carboxylic acids is 1. The van der Waals surface area contributed by atoms with Crippen LogP contribution in [-0.4, -0.2) is 27.7 Å². The van der Waals surface area contributed by atoms with Crippen LogP contribution in [-0.2, 0) is 24.1 Å². The van der Waals surface area contributed by atoms with Gasteiger partial charge in [0.2, 0.25) is 0 Å². The zero-order valence-corrected chi connectivity index (χ0v) is 18.4. The van der Waals surface area contributed by atoms with Crippen molar-refractivity contribution in [1.29, 1.82) is 0 Å². The maximum atomic E-state index is 12.5. The summed E-state index contributed by atoms with van der Waals surface area (Å²) in [6, 6.07) is 6.72. The summed E-state index contributed by atoms with van der Waals surface area (Å²) in [5, 5.41) is 8.91. The van der Waals surface area contributed by atoms with Crippen molar-refractivity contribution in [2.75, 3.05) is 7.11 Å². The topological polar surface area (TPSA) is 57.0 Å². The normalized spacial score (nSPS) is 13.8. The summed E-state index contributed by atoms with van der Waals surface area (Å²) >= 11 is 0. The molecule has 2 aromatic rings. The van der Waals surface area contributed by atoms with Crippen molar-refractivity contribution in [1.82, 2.24) is 14.8 Å². The molecule has 1 aromatic heterocycles. The lowest BCUT2D eigenvalue weighted by Gasteiger charge is -2.10. The summed E-state index contributed by atoms with van der Waals surface area (Å²) < 4.78 is 7.78. The number of methoxy groups -OCH3 is 1. The molecule has 5 nitrogen and oxygen atoms in total. The van der Waals surface area contributed by atoms with E-state index in [0.717, 1.165) is 48.1 Å². The van der Waals surface area contributed by atoms with Gasteiger partial charge in [0.15, 0.2) is 0 Å². The summed E-state index contributed by atoms with van der Waals surface area (Å²) in [5.41, 5.74) is 2.26. The number of nitrogens with zero attached hydrogens (tertiary/aromatic N) is 3. The fourth-order valence-electron chi connectivity index (χ4n) is 3.83. The van der Waals surface area contributed by atoms with Crippen LogP contribution in [0.5, 0.6) is 5.75 Å². The minimum atomic E-state index is 0.277. The fourth-order valence-corrected chi connectivity index (χ4v) is 3.83. The van der Waals surface area contributed by atoms with E-state index in [2.05, 4.69) is 40.7 Å². The highest BCUT2D eigenvalue weighted by Gasteiger charge is 2.29. The molecule has 3 rings (SSSR count). The first-order valence-electron chi connectivity index (χ1n) is 11.1. The molecule has 0 unspecified atom stereocenters. The van der Waals surface area contributed by atoms with Crippen LogP contribution in [0, 0.1) is 12.8 Å². The average molecular weight is 398 g/mol. The smallest absolute Gasteiger partial charge is 0.133 e. The lowest BCUT2D eigenvalue weighted by Crippen LogP contribution is -2.09. The van der Waals surface area contributed by atoms with Crippen molar-refractivity contribution in [3.63, 3.8) is 0 Å². The highest BCUT2D eigenvalue weighted by molar-refractivity contribution is 5.78. The predicted octanol–water partition coefficient (Wildman–Crippen LogP) is 5.04. The molecule has 1 heterocycles. The molecular weight excluding hydrogens is 362 g/mol. The molecule has 0 N–H and O–H groups in total. The van der Waals surface area contributed by atoms with Gasteiger partial charge in [-0.3, -0.25) is 4.79 Å². The van der Waals surface area contributed by atoms with E-state index in [4.69, 9.17) is 4.74 Å². The van der Waals surface area contributed by atoms with Gasteiger partial charge >= 0.3 is 0 Å². The quantitative estimate of drug-likeness (QED) is 0.503. The third kappa shape index (κ3) is 6.15. The minimum absolute atomic E-state index is 0.277. The number of ether oxygens (including phenoxy) is 1. The summed E-state index contributed by atoms with van der Waals surface area (Å²) in [7, 11) is 1.68. The first-order chi connectivity index (χ1) is 14.0. The number of carbonyl (C=O) groups is 1. The van der Waals surface area contributed by atoms with Gasteiger partial charge in [-0.25, -0.2) is 0 Å². The highest BCUT2D eigenvalue weighted by atomic mass is 16.5. The maximum absolute atomic E-state index is 12.5. The first kappa shape index (κ1) is 21.5. The lowest BCUT2D eigenvalue weighted by atomic mass is 10.0. The summed E-state index contributed by atoms with van der Waals surface area (Å²) in [4.78, 5) is 12.5. The highest BCUT2D eigenvalue weighted by Crippen LogP contribution is 2.37.